The number of hydrogen-bond donors (Lipinski definition) is 1. The van der Waals surface area contributed by atoms with Crippen molar-refractivity contribution in [3.8, 4) is 0 Å². The van der Waals surface area contributed by atoms with E-state index in [0.29, 0.717) is 11.1 Å². The van der Waals surface area contributed by atoms with Gasteiger partial charge >= 0.3 is 5.97 Å². The third-order valence-electron chi connectivity index (χ3n) is 3.84. The predicted octanol–water partition coefficient (Wildman–Crippen LogP) is 2.51. The third-order valence-corrected chi connectivity index (χ3v) is 5.24. The lowest BCUT2D eigenvalue weighted by molar-refractivity contribution is 0.0528. The maximum atomic E-state index is 12.6. The van der Waals surface area contributed by atoms with Crippen LogP contribution < -0.4 is 4.72 Å². The van der Waals surface area contributed by atoms with E-state index in [4.69, 9.17) is 4.74 Å². The zero-order chi connectivity index (χ0) is 19.6. The molecule has 9 heteroatoms. The van der Waals surface area contributed by atoms with E-state index >= 15 is 0 Å². The molecule has 0 spiro atoms. The van der Waals surface area contributed by atoms with E-state index in [1.54, 1.807) is 6.92 Å². The Morgan fingerprint density at radius 3 is 2.52 bits per heavy atom. The Balaban J connectivity index is 1.92. The zero-order valence-electron chi connectivity index (χ0n) is 14.7. The van der Waals surface area contributed by atoms with Crippen LogP contribution in [-0.4, -0.2) is 36.4 Å². The SMILES string of the molecule is CCOC(=O)c1cnn2ccc(NS(=O)(=O)c3ccc(C(C)=O)cc3)cc12. The monoisotopic (exact) mass is 387 g/mol. The van der Waals surface area contributed by atoms with Crippen LogP contribution >= 0.6 is 0 Å². The van der Waals surface area contributed by atoms with Crippen LogP contribution in [0, 0.1) is 0 Å². The number of hydrogen-bond acceptors (Lipinski definition) is 6. The Morgan fingerprint density at radius 1 is 1.19 bits per heavy atom. The minimum absolute atomic E-state index is 0.0199. The van der Waals surface area contributed by atoms with Gasteiger partial charge in [0.25, 0.3) is 10.0 Å². The number of carbonyl (C=O) groups excluding carboxylic acids is 2. The Kier molecular flexibility index (Phi) is 4.95. The fourth-order valence-electron chi connectivity index (χ4n) is 2.49. The highest BCUT2D eigenvalue weighted by Gasteiger charge is 2.17. The lowest BCUT2D eigenvalue weighted by Crippen LogP contribution is -2.13. The standard InChI is InChI=1S/C18H17N3O5S/c1-3-26-18(23)16-11-19-21-9-8-14(10-17(16)21)20-27(24,25)15-6-4-13(5-7-15)12(2)22/h4-11,20H,3H2,1-2H3. The third kappa shape index (κ3) is 3.82. The summed E-state index contributed by atoms with van der Waals surface area (Å²) in [4.78, 5) is 23.3. The number of ketones is 1. The molecule has 140 valence electrons. The number of carbonyl (C=O) groups is 2. The summed E-state index contributed by atoms with van der Waals surface area (Å²) < 4.78 is 34.0. The molecule has 8 nitrogen and oxygen atoms in total. The van der Waals surface area contributed by atoms with Crippen molar-refractivity contribution in [2.24, 2.45) is 0 Å². The van der Waals surface area contributed by atoms with Gasteiger partial charge in [-0.3, -0.25) is 9.52 Å². The zero-order valence-corrected chi connectivity index (χ0v) is 15.5. The Morgan fingerprint density at radius 2 is 1.89 bits per heavy atom. The van der Waals surface area contributed by atoms with Gasteiger partial charge in [-0.25, -0.2) is 17.7 Å². The van der Waals surface area contributed by atoms with Crippen LogP contribution in [0.1, 0.15) is 34.6 Å². The normalized spacial score (nSPS) is 11.3. The van der Waals surface area contributed by atoms with E-state index in [1.165, 1.54) is 60.2 Å². The van der Waals surface area contributed by atoms with E-state index in [1.807, 2.05) is 0 Å². The average molecular weight is 387 g/mol. The van der Waals surface area contributed by atoms with Crippen LogP contribution in [0.2, 0.25) is 0 Å². The van der Waals surface area contributed by atoms with Crippen LogP contribution in [0.5, 0.6) is 0 Å². The fourth-order valence-corrected chi connectivity index (χ4v) is 3.54. The fraction of sp³-hybridized carbons (Fsp3) is 0.167. The van der Waals surface area contributed by atoms with Gasteiger partial charge in [0.1, 0.15) is 5.56 Å². The highest BCUT2D eigenvalue weighted by molar-refractivity contribution is 7.92. The molecule has 0 saturated carbocycles. The summed E-state index contributed by atoms with van der Waals surface area (Å²) in [5, 5.41) is 4.05. The Bertz CT molecular complexity index is 1120. The van der Waals surface area contributed by atoms with Gasteiger partial charge in [-0.15, -0.1) is 0 Å². The lowest BCUT2D eigenvalue weighted by Gasteiger charge is -2.09. The number of esters is 1. The highest BCUT2D eigenvalue weighted by atomic mass is 32.2. The predicted molar refractivity (Wildman–Crippen MR) is 98.4 cm³/mol. The number of sulfonamides is 1. The molecule has 1 N–H and O–H groups in total. The molecule has 0 bridgehead atoms. The number of nitrogens with one attached hydrogen (secondary N) is 1. The van der Waals surface area contributed by atoms with Crippen LogP contribution in [0.15, 0.2) is 53.7 Å². The average Bonchev–Trinajstić information content (AvgIpc) is 3.05. The quantitative estimate of drug-likeness (QED) is 0.514. The summed E-state index contributed by atoms with van der Waals surface area (Å²) in [5.74, 6) is -0.683. The summed E-state index contributed by atoms with van der Waals surface area (Å²) >= 11 is 0. The number of anilines is 1. The van der Waals surface area contributed by atoms with Gasteiger partial charge in [0.05, 0.1) is 28.9 Å². The second-order valence-corrected chi connectivity index (χ2v) is 7.39. The van der Waals surface area contributed by atoms with Crippen molar-refractivity contribution in [3.63, 3.8) is 0 Å². The van der Waals surface area contributed by atoms with Crippen molar-refractivity contribution in [1.29, 1.82) is 0 Å². The van der Waals surface area contributed by atoms with Gasteiger partial charge in [0.2, 0.25) is 0 Å². The highest BCUT2D eigenvalue weighted by Crippen LogP contribution is 2.20. The van der Waals surface area contributed by atoms with Crippen molar-refractivity contribution in [2.45, 2.75) is 18.7 Å². The summed E-state index contributed by atoms with van der Waals surface area (Å²) in [6.07, 6.45) is 2.90. The van der Waals surface area contributed by atoms with Crippen molar-refractivity contribution in [1.82, 2.24) is 9.61 Å². The molecular formula is C18H17N3O5S. The van der Waals surface area contributed by atoms with Crippen molar-refractivity contribution < 1.29 is 22.7 Å². The van der Waals surface area contributed by atoms with Crippen LogP contribution in [0.3, 0.4) is 0 Å². The number of pyridine rings is 1. The van der Waals surface area contributed by atoms with Crippen molar-refractivity contribution >= 4 is 33.0 Å². The second-order valence-electron chi connectivity index (χ2n) is 5.71. The molecule has 2 aromatic heterocycles. The van der Waals surface area contributed by atoms with Gasteiger partial charge in [-0.1, -0.05) is 12.1 Å². The number of rotatable bonds is 6. The van der Waals surface area contributed by atoms with E-state index in [-0.39, 0.29) is 28.5 Å². The van der Waals surface area contributed by atoms with Crippen LogP contribution in [0.25, 0.3) is 5.52 Å². The van der Waals surface area contributed by atoms with Gasteiger partial charge in [0, 0.05) is 11.8 Å². The Hall–Kier alpha value is -3.20. The van der Waals surface area contributed by atoms with Crippen molar-refractivity contribution in [3.05, 3.63) is 59.9 Å². The number of fused-ring (bicyclic) bond motifs is 1. The van der Waals surface area contributed by atoms with E-state index in [9.17, 15) is 18.0 Å². The van der Waals surface area contributed by atoms with Crippen molar-refractivity contribution in [2.75, 3.05) is 11.3 Å². The summed E-state index contributed by atoms with van der Waals surface area (Å²) in [5.41, 5.74) is 1.35. The molecule has 0 aliphatic rings. The van der Waals surface area contributed by atoms with Crippen LogP contribution in [0.4, 0.5) is 5.69 Å². The maximum Gasteiger partial charge on any atom is 0.341 e. The largest absolute Gasteiger partial charge is 0.462 e. The van der Waals surface area contributed by atoms with Crippen LogP contribution in [-0.2, 0) is 14.8 Å². The lowest BCUT2D eigenvalue weighted by atomic mass is 10.2. The number of ether oxygens (including phenoxy) is 1. The molecule has 2 heterocycles. The topological polar surface area (TPSA) is 107 Å². The molecule has 3 aromatic rings. The molecule has 27 heavy (non-hydrogen) atoms. The number of aromatic nitrogens is 2. The first-order valence-electron chi connectivity index (χ1n) is 8.10. The first kappa shape index (κ1) is 18.6. The first-order chi connectivity index (χ1) is 12.8. The van der Waals surface area contributed by atoms with E-state index < -0.39 is 16.0 Å². The van der Waals surface area contributed by atoms with Gasteiger partial charge in [-0.2, -0.15) is 5.10 Å². The summed E-state index contributed by atoms with van der Waals surface area (Å²) in [6, 6.07) is 8.66. The minimum Gasteiger partial charge on any atom is -0.462 e. The van der Waals surface area contributed by atoms with Gasteiger partial charge < -0.3 is 4.74 Å². The van der Waals surface area contributed by atoms with E-state index in [0.717, 1.165) is 0 Å². The van der Waals surface area contributed by atoms with E-state index in [2.05, 4.69) is 9.82 Å². The number of Topliss-reactive ketones (excluding diaryl/α,β-unsaturated/α-hetero) is 1. The molecule has 0 amide bonds. The first-order valence-corrected chi connectivity index (χ1v) is 9.58. The maximum absolute atomic E-state index is 12.6. The summed E-state index contributed by atoms with van der Waals surface area (Å²) in [6.45, 7) is 3.32. The molecule has 0 saturated heterocycles. The smallest absolute Gasteiger partial charge is 0.341 e. The summed E-state index contributed by atoms with van der Waals surface area (Å²) in [7, 11) is -3.86. The molecule has 0 aliphatic heterocycles. The molecule has 3 rings (SSSR count). The second kappa shape index (κ2) is 7.20. The molecule has 0 radical (unpaired) electrons. The number of benzene rings is 1. The molecule has 0 aliphatic carbocycles. The molecule has 0 atom stereocenters. The molecule has 1 aromatic carbocycles. The van der Waals surface area contributed by atoms with Gasteiger partial charge in [-0.05, 0) is 38.1 Å². The minimum atomic E-state index is -3.86. The number of nitrogens with zero attached hydrogens (tertiary/aromatic N) is 2. The molecule has 0 fully saturated rings. The molecular weight excluding hydrogens is 370 g/mol. The van der Waals surface area contributed by atoms with Gasteiger partial charge in [0.15, 0.2) is 5.78 Å². The Labute approximate surface area is 155 Å². The molecule has 0 unspecified atom stereocenters.